The van der Waals surface area contributed by atoms with Crippen molar-refractivity contribution in [1.82, 2.24) is 0 Å². The molecule has 1 fully saturated rings. The zero-order valence-electron chi connectivity index (χ0n) is 17.7. The zero-order valence-corrected chi connectivity index (χ0v) is 17.7. The van der Waals surface area contributed by atoms with Crippen LogP contribution in [0.25, 0.3) is 0 Å². The Kier molecular flexibility index (Phi) is 6.31. The number of ether oxygens (including phenoxy) is 1. The molecule has 28 heavy (non-hydrogen) atoms. The van der Waals surface area contributed by atoms with E-state index in [4.69, 9.17) is 4.74 Å². The van der Waals surface area contributed by atoms with E-state index in [-0.39, 0.29) is 11.8 Å². The van der Waals surface area contributed by atoms with Gasteiger partial charge >= 0.3 is 0 Å². The molecule has 1 heterocycles. The number of fused-ring (bicyclic) bond motifs is 1. The van der Waals surface area contributed by atoms with E-state index < -0.39 is 5.41 Å². The van der Waals surface area contributed by atoms with Crippen LogP contribution in [-0.2, 0) is 9.59 Å². The van der Waals surface area contributed by atoms with Crippen LogP contribution in [0.1, 0.15) is 66.2 Å². The Balaban J connectivity index is 1.81. The van der Waals surface area contributed by atoms with Crippen LogP contribution >= 0.6 is 0 Å². The number of carbonyl (C=O) groups is 2. The van der Waals surface area contributed by atoms with Gasteiger partial charge in [-0.3, -0.25) is 9.59 Å². The van der Waals surface area contributed by atoms with Gasteiger partial charge < -0.3 is 15.0 Å². The summed E-state index contributed by atoms with van der Waals surface area (Å²) in [5.41, 5.74) is 0.907. The van der Waals surface area contributed by atoms with Crippen molar-refractivity contribution in [2.45, 2.75) is 66.2 Å². The Labute approximate surface area is 168 Å². The van der Waals surface area contributed by atoms with Crippen LogP contribution in [0.5, 0.6) is 5.75 Å². The van der Waals surface area contributed by atoms with Gasteiger partial charge in [-0.05, 0) is 63.1 Å². The summed E-state index contributed by atoms with van der Waals surface area (Å²) in [5.74, 6) is 1.84. The number of hydrogen-bond donors (Lipinski definition) is 1. The van der Waals surface area contributed by atoms with Gasteiger partial charge in [0.25, 0.3) is 0 Å². The van der Waals surface area contributed by atoms with Crippen LogP contribution < -0.4 is 15.0 Å². The third-order valence-corrected chi connectivity index (χ3v) is 5.82. The predicted octanol–water partition coefficient (Wildman–Crippen LogP) is 5.00. The van der Waals surface area contributed by atoms with Crippen LogP contribution in [0.3, 0.4) is 0 Å². The molecule has 0 aromatic heterocycles. The third kappa shape index (κ3) is 4.86. The van der Waals surface area contributed by atoms with Crippen LogP contribution in [0.4, 0.5) is 11.4 Å². The summed E-state index contributed by atoms with van der Waals surface area (Å²) in [7, 11) is 0. The third-order valence-electron chi connectivity index (χ3n) is 5.82. The molecule has 5 nitrogen and oxygen atoms in total. The first-order chi connectivity index (χ1) is 13.3. The molecule has 154 valence electrons. The topological polar surface area (TPSA) is 58.6 Å². The average Bonchev–Trinajstić information content (AvgIpc) is 3.10. The Hall–Kier alpha value is -2.04. The summed E-state index contributed by atoms with van der Waals surface area (Å²) >= 11 is 0. The Morgan fingerprint density at radius 3 is 2.68 bits per heavy atom. The van der Waals surface area contributed by atoms with Crippen molar-refractivity contribution < 1.29 is 14.3 Å². The molecule has 0 radical (unpaired) electrons. The first-order valence-corrected chi connectivity index (χ1v) is 10.6. The van der Waals surface area contributed by atoms with Gasteiger partial charge in [-0.1, -0.05) is 26.7 Å². The Morgan fingerprint density at radius 1 is 1.29 bits per heavy atom. The molecule has 1 aliphatic heterocycles. The van der Waals surface area contributed by atoms with Gasteiger partial charge in [-0.25, -0.2) is 0 Å². The number of carbonyl (C=O) groups excluding carboxylic acids is 2. The SMILES string of the molecule is CC(C)CCN1C(=O)C(C)(C)COc2ccc(NC(=O)CC3CCCC3)cc21. The normalized spacial score (nSPS) is 19.3. The van der Waals surface area contributed by atoms with Gasteiger partial charge in [-0.15, -0.1) is 0 Å². The molecule has 1 aliphatic carbocycles. The van der Waals surface area contributed by atoms with Gasteiger partial charge in [-0.2, -0.15) is 0 Å². The first kappa shape index (κ1) is 20.7. The number of anilines is 2. The molecule has 0 unspecified atom stereocenters. The van der Waals surface area contributed by atoms with Crippen molar-refractivity contribution >= 4 is 23.2 Å². The Bertz CT molecular complexity index is 721. The molecule has 2 amide bonds. The highest BCUT2D eigenvalue weighted by atomic mass is 16.5. The molecule has 1 saturated carbocycles. The maximum atomic E-state index is 13.2. The monoisotopic (exact) mass is 386 g/mol. The van der Waals surface area contributed by atoms with Crippen molar-refractivity contribution in [1.29, 1.82) is 0 Å². The average molecular weight is 387 g/mol. The fourth-order valence-electron chi connectivity index (χ4n) is 4.02. The molecule has 5 heteroatoms. The number of benzene rings is 1. The number of hydrogen-bond acceptors (Lipinski definition) is 3. The number of nitrogens with zero attached hydrogens (tertiary/aromatic N) is 1. The van der Waals surface area contributed by atoms with Gasteiger partial charge in [0.15, 0.2) is 0 Å². The van der Waals surface area contributed by atoms with Crippen LogP contribution in [-0.4, -0.2) is 25.0 Å². The summed E-state index contributed by atoms with van der Waals surface area (Å²) in [6.07, 6.45) is 6.26. The number of nitrogens with one attached hydrogen (secondary N) is 1. The molecule has 3 rings (SSSR count). The van der Waals surface area contributed by atoms with E-state index in [9.17, 15) is 9.59 Å². The van der Waals surface area contributed by atoms with E-state index in [0.29, 0.717) is 37.2 Å². The molecule has 1 N–H and O–H groups in total. The summed E-state index contributed by atoms with van der Waals surface area (Å²) < 4.78 is 5.96. The lowest BCUT2D eigenvalue weighted by Crippen LogP contribution is -2.42. The predicted molar refractivity (Wildman–Crippen MR) is 113 cm³/mol. The van der Waals surface area contributed by atoms with Crippen molar-refractivity contribution in [3.8, 4) is 5.75 Å². The maximum absolute atomic E-state index is 13.2. The lowest BCUT2D eigenvalue weighted by molar-refractivity contribution is -0.127. The molecule has 2 aliphatic rings. The maximum Gasteiger partial charge on any atom is 0.236 e. The highest BCUT2D eigenvalue weighted by molar-refractivity contribution is 6.00. The van der Waals surface area contributed by atoms with Gasteiger partial charge in [0.05, 0.1) is 11.1 Å². The highest BCUT2D eigenvalue weighted by Gasteiger charge is 2.37. The summed E-state index contributed by atoms with van der Waals surface area (Å²) in [5, 5.41) is 3.03. The quantitative estimate of drug-likeness (QED) is 0.748. The smallest absolute Gasteiger partial charge is 0.236 e. The van der Waals surface area contributed by atoms with Gasteiger partial charge in [0.2, 0.25) is 11.8 Å². The van der Waals surface area contributed by atoms with Crippen molar-refractivity contribution in [2.24, 2.45) is 17.3 Å². The second-order valence-corrected chi connectivity index (χ2v) is 9.40. The van der Waals surface area contributed by atoms with Crippen LogP contribution in [0.15, 0.2) is 18.2 Å². The largest absolute Gasteiger partial charge is 0.490 e. The number of amides is 2. The first-order valence-electron chi connectivity index (χ1n) is 10.6. The minimum Gasteiger partial charge on any atom is -0.490 e. The minimum absolute atomic E-state index is 0.0572. The van der Waals surface area contributed by atoms with E-state index in [2.05, 4.69) is 19.2 Å². The van der Waals surface area contributed by atoms with E-state index in [1.807, 2.05) is 36.9 Å². The Morgan fingerprint density at radius 2 is 2.00 bits per heavy atom. The van der Waals surface area contributed by atoms with Gasteiger partial charge in [0.1, 0.15) is 12.4 Å². The van der Waals surface area contributed by atoms with E-state index in [1.54, 1.807) is 0 Å². The van der Waals surface area contributed by atoms with E-state index in [0.717, 1.165) is 30.6 Å². The minimum atomic E-state index is -0.581. The molecule has 0 atom stereocenters. The van der Waals surface area contributed by atoms with Crippen LogP contribution in [0, 0.1) is 17.3 Å². The summed E-state index contributed by atoms with van der Waals surface area (Å²) in [6, 6.07) is 5.63. The molecule has 1 aromatic carbocycles. The zero-order chi connectivity index (χ0) is 20.3. The lowest BCUT2D eigenvalue weighted by atomic mass is 9.92. The number of rotatable bonds is 6. The molecule has 1 aromatic rings. The lowest BCUT2D eigenvalue weighted by Gasteiger charge is -2.28. The van der Waals surface area contributed by atoms with E-state index in [1.165, 1.54) is 12.8 Å². The molecule has 0 saturated heterocycles. The van der Waals surface area contributed by atoms with Crippen LogP contribution in [0.2, 0.25) is 0 Å². The molecular formula is C23H34N2O3. The van der Waals surface area contributed by atoms with Crippen molar-refractivity contribution in [3.05, 3.63) is 18.2 Å². The fraction of sp³-hybridized carbons (Fsp3) is 0.652. The molecule has 0 spiro atoms. The summed E-state index contributed by atoms with van der Waals surface area (Å²) in [4.78, 5) is 27.5. The molecular weight excluding hydrogens is 352 g/mol. The van der Waals surface area contributed by atoms with Crippen molar-refractivity contribution in [3.63, 3.8) is 0 Å². The van der Waals surface area contributed by atoms with E-state index >= 15 is 0 Å². The van der Waals surface area contributed by atoms with Gasteiger partial charge in [0, 0.05) is 18.7 Å². The summed E-state index contributed by atoms with van der Waals surface area (Å²) in [6.45, 7) is 9.16. The second-order valence-electron chi connectivity index (χ2n) is 9.40. The second kappa shape index (κ2) is 8.54. The van der Waals surface area contributed by atoms with Crippen molar-refractivity contribution in [2.75, 3.05) is 23.4 Å². The highest BCUT2D eigenvalue weighted by Crippen LogP contribution is 2.38. The molecule has 0 bridgehead atoms. The standard InChI is InChI=1S/C23H34N2O3/c1-16(2)11-12-25-19-14-18(24-21(26)13-17-7-5-6-8-17)9-10-20(19)28-15-23(3,4)22(25)27/h9-10,14,16-17H,5-8,11-13,15H2,1-4H3,(H,24,26). The fourth-order valence-corrected chi connectivity index (χ4v) is 4.02.